The zero-order valence-electron chi connectivity index (χ0n) is 9.80. The van der Waals surface area contributed by atoms with Crippen molar-refractivity contribution in [1.29, 1.82) is 0 Å². The molecule has 1 aromatic rings. The number of aliphatic imine (C=N–C) groups is 1. The molecule has 0 atom stereocenters. The highest BCUT2D eigenvalue weighted by molar-refractivity contribution is 5.79. The van der Waals surface area contributed by atoms with Gasteiger partial charge < -0.3 is 9.47 Å². The molecular weight excluding hydrogens is 204 g/mol. The van der Waals surface area contributed by atoms with Gasteiger partial charge in [-0.15, -0.1) is 0 Å². The molecule has 0 aliphatic heterocycles. The standard InChI is InChI=1S/C12H18N2O2/c1-3-15-12(16-4-2)10-14-9-11-5-7-13-8-6-11/h5-9,12H,3-4,10H2,1-2H3/b14-9-. The summed E-state index contributed by atoms with van der Waals surface area (Å²) >= 11 is 0. The molecule has 0 saturated carbocycles. The molecule has 0 aliphatic rings. The van der Waals surface area contributed by atoms with E-state index in [1.54, 1.807) is 18.6 Å². The Morgan fingerprint density at radius 3 is 2.44 bits per heavy atom. The average molecular weight is 222 g/mol. The second-order valence-corrected chi connectivity index (χ2v) is 3.12. The fourth-order valence-corrected chi connectivity index (χ4v) is 1.22. The van der Waals surface area contributed by atoms with Gasteiger partial charge in [0.15, 0.2) is 6.29 Å². The summed E-state index contributed by atoms with van der Waals surface area (Å²) in [6.45, 7) is 5.67. The highest BCUT2D eigenvalue weighted by Gasteiger charge is 2.04. The van der Waals surface area contributed by atoms with Crippen LogP contribution in [0.15, 0.2) is 29.5 Å². The zero-order valence-corrected chi connectivity index (χ0v) is 9.80. The SMILES string of the molecule is CCOC(C/N=C\c1ccncc1)OCC. The molecule has 0 N–H and O–H groups in total. The molecule has 0 spiro atoms. The highest BCUT2D eigenvalue weighted by Crippen LogP contribution is 1.97. The van der Waals surface area contributed by atoms with Crippen LogP contribution in [-0.2, 0) is 9.47 Å². The van der Waals surface area contributed by atoms with Crippen molar-refractivity contribution in [1.82, 2.24) is 4.98 Å². The van der Waals surface area contributed by atoms with Gasteiger partial charge in [-0.05, 0) is 31.5 Å². The van der Waals surface area contributed by atoms with Crippen LogP contribution in [-0.4, -0.2) is 37.2 Å². The lowest BCUT2D eigenvalue weighted by atomic mass is 10.3. The van der Waals surface area contributed by atoms with Gasteiger partial charge in [-0.3, -0.25) is 9.98 Å². The molecule has 0 aromatic carbocycles. The van der Waals surface area contributed by atoms with Gasteiger partial charge in [0.1, 0.15) is 0 Å². The minimum Gasteiger partial charge on any atom is -0.351 e. The van der Waals surface area contributed by atoms with Crippen molar-refractivity contribution >= 4 is 6.21 Å². The molecule has 0 bridgehead atoms. The van der Waals surface area contributed by atoms with Crippen molar-refractivity contribution in [3.05, 3.63) is 30.1 Å². The Bertz CT molecular complexity index is 295. The summed E-state index contributed by atoms with van der Waals surface area (Å²) < 4.78 is 10.7. The van der Waals surface area contributed by atoms with Crippen molar-refractivity contribution in [2.24, 2.45) is 4.99 Å². The normalized spacial score (nSPS) is 11.4. The second kappa shape index (κ2) is 7.96. The predicted octanol–water partition coefficient (Wildman–Crippen LogP) is 1.90. The Hall–Kier alpha value is -1.26. The number of aromatic nitrogens is 1. The maximum absolute atomic E-state index is 5.37. The minimum absolute atomic E-state index is 0.243. The van der Waals surface area contributed by atoms with Gasteiger partial charge in [-0.25, -0.2) is 0 Å². The molecule has 0 radical (unpaired) electrons. The number of rotatable bonds is 7. The molecule has 0 saturated heterocycles. The molecule has 0 aliphatic carbocycles. The van der Waals surface area contributed by atoms with Gasteiger partial charge in [0.05, 0.1) is 6.54 Å². The van der Waals surface area contributed by atoms with E-state index in [2.05, 4.69) is 9.98 Å². The molecule has 1 heterocycles. The third kappa shape index (κ3) is 5.00. The Morgan fingerprint density at radius 2 is 1.88 bits per heavy atom. The van der Waals surface area contributed by atoms with Crippen molar-refractivity contribution < 1.29 is 9.47 Å². The van der Waals surface area contributed by atoms with Crippen LogP contribution >= 0.6 is 0 Å². The third-order valence-electron chi connectivity index (χ3n) is 1.91. The van der Waals surface area contributed by atoms with Crippen LogP contribution in [0, 0.1) is 0 Å². The van der Waals surface area contributed by atoms with E-state index >= 15 is 0 Å². The number of pyridine rings is 1. The van der Waals surface area contributed by atoms with Crippen LogP contribution in [0.3, 0.4) is 0 Å². The van der Waals surface area contributed by atoms with Crippen LogP contribution in [0.4, 0.5) is 0 Å². The fraction of sp³-hybridized carbons (Fsp3) is 0.500. The minimum atomic E-state index is -0.243. The summed E-state index contributed by atoms with van der Waals surface area (Å²) in [6, 6.07) is 3.81. The largest absolute Gasteiger partial charge is 0.351 e. The van der Waals surface area contributed by atoms with E-state index in [4.69, 9.17) is 9.47 Å². The lowest BCUT2D eigenvalue weighted by Gasteiger charge is -2.13. The third-order valence-corrected chi connectivity index (χ3v) is 1.91. The highest BCUT2D eigenvalue weighted by atomic mass is 16.7. The van der Waals surface area contributed by atoms with Gasteiger partial charge in [0.2, 0.25) is 0 Å². The Kier molecular flexibility index (Phi) is 6.37. The maximum atomic E-state index is 5.37. The van der Waals surface area contributed by atoms with E-state index in [1.165, 1.54) is 0 Å². The van der Waals surface area contributed by atoms with E-state index in [9.17, 15) is 0 Å². The van der Waals surface area contributed by atoms with Gasteiger partial charge >= 0.3 is 0 Å². The molecule has 4 heteroatoms. The van der Waals surface area contributed by atoms with Crippen molar-refractivity contribution in [3.63, 3.8) is 0 Å². The molecule has 1 aromatic heterocycles. The second-order valence-electron chi connectivity index (χ2n) is 3.12. The first-order chi connectivity index (χ1) is 7.86. The first-order valence-electron chi connectivity index (χ1n) is 5.49. The first-order valence-corrected chi connectivity index (χ1v) is 5.49. The quantitative estimate of drug-likeness (QED) is 0.523. The number of ether oxygens (including phenoxy) is 2. The van der Waals surface area contributed by atoms with Gasteiger partial charge in [-0.1, -0.05) is 0 Å². The molecule has 0 amide bonds. The van der Waals surface area contributed by atoms with Crippen LogP contribution in [0.1, 0.15) is 19.4 Å². The summed E-state index contributed by atoms with van der Waals surface area (Å²) in [5, 5.41) is 0. The van der Waals surface area contributed by atoms with Crippen molar-refractivity contribution in [3.8, 4) is 0 Å². The van der Waals surface area contributed by atoms with Crippen LogP contribution in [0.25, 0.3) is 0 Å². The molecular formula is C12H18N2O2. The van der Waals surface area contributed by atoms with Crippen molar-refractivity contribution in [2.45, 2.75) is 20.1 Å². The van der Waals surface area contributed by atoms with Crippen LogP contribution < -0.4 is 0 Å². The van der Waals surface area contributed by atoms with Gasteiger partial charge in [0.25, 0.3) is 0 Å². The lowest BCUT2D eigenvalue weighted by molar-refractivity contribution is -0.128. The van der Waals surface area contributed by atoms with E-state index in [0.29, 0.717) is 19.8 Å². The first kappa shape index (κ1) is 12.8. The summed E-state index contributed by atoms with van der Waals surface area (Å²) in [5.74, 6) is 0. The average Bonchev–Trinajstić information content (AvgIpc) is 2.31. The summed E-state index contributed by atoms with van der Waals surface area (Å²) in [5.41, 5.74) is 1.03. The fourth-order valence-electron chi connectivity index (χ4n) is 1.22. The van der Waals surface area contributed by atoms with E-state index < -0.39 is 0 Å². The predicted molar refractivity (Wildman–Crippen MR) is 63.7 cm³/mol. The molecule has 1 rings (SSSR count). The molecule has 0 fully saturated rings. The van der Waals surface area contributed by atoms with Crippen molar-refractivity contribution in [2.75, 3.05) is 19.8 Å². The monoisotopic (exact) mass is 222 g/mol. The number of hydrogen-bond donors (Lipinski definition) is 0. The summed E-state index contributed by atoms with van der Waals surface area (Å²) in [7, 11) is 0. The van der Waals surface area contributed by atoms with Crippen LogP contribution in [0.2, 0.25) is 0 Å². The van der Waals surface area contributed by atoms with E-state index in [0.717, 1.165) is 5.56 Å². The van der Waals surface area contributed by atoms with Gasteiger partial charge in [0, 0.05) is 31.8 Å². The maximum Gasteiger partial charge on any atom is 0.176 e. The Morgan fingerprint density at radius 1 is 1.25 bits per heavy atom. The lowest BCUT2D eigenvalue weighted by Crippen LogP contribution is -2.20. The molecule has 16 heavy (non-hydrogen) atoms. The Balaban J connectivity index is 2.39. The number of nitrogens with zero attached hydrogens (tertiary/aromatic N) is 2. The van der Waals surface area contributed by atoms with E-state index in [1.807, 2.05) is 26.0 Å². The topological polar surface area (TPSA) is 43.7 Å². The number of hydrogen-bond acceptors (Lipinski definition) is 4. The molecule has 4 nitrogen and oxygen atoms in total. The molecule has 0 unspecified atom stereocenters. The summed E-state index contributed by atoms with van der Waals surface area (Å²) in [4.78, 5) is 8.21. The smallest absolute Gasteiger partial charge is 0.176 e. The van der Waals surface area contributed by atoms with E-state index in [-0.39, 0.29) is 6.29 Å². The molecule has 88 valence electrons. The van der Waals surface area contributed by atoms with Gasteiger partial charge in [-0.2, -0.15) is 0 Å². The zero-order chi connectivity index (χ0) is 11.6. The van der Waals surface area contributed by atoms with Crippen LogP contribution in [0.5, 0.6) is 0 Å². The summed E-state index contributed by atoms with van der Waals surface area (Å²) in [6.07, 6.45) is 5.04. The Labute approximate surface area is 96.3 Å².